The molecule has 4 amide bonds. The number of carbonyl (C=O) groups is 4. The maximum atomic E-state index is 13.8. The molecule has 0 saturated carbocycles. The van der Waals surface area contributed by atoms with Crippen LogP contribution in [0.4, 0.5) is 4.79 Å². The van der Waals surface area contributed by atoms with E-state index in [1.54, 1.807) is 11.1 Å². The molecule has 0 aliphatic heterocycles. The van der Waals surface area contributed by atoms with E-state index in [2.05, 4.69) is 59.8 Å². The van der Waals surface area contributed by atoms with E-state index < -0.39 is 41.0 Å². The van der Waals surface area contributed by atoms with E-state index in [-0.39, 0.29) is 44.2 Å². The number of ether oxygens (including phenoxy) is 1. The monoisotopic (exact) mass is 793 g/mol. The number of nitrogens with one attached hydrogen (secondary N) is 4. The molecule has 5 N–H and O–H groups in total. The van der Waals surface area contributed by atoms with Crippen molar-refractivity contribution in [2.24, 2.45) is 11.3 Å². The van der Waals surface area contributed by atoms with Crippen molar-refractivity contribution in [1.29, 1.82) is 0 Å². The molecule has 0 bridgehead atoms. The number of nitrogens with zero attached hydrogens (tertiary/aromatic N) is 1. The van der Waals surface area contributed by atoms with Gasteiger partial charge in [-0.25, -0.2) is 9.80 Å². The molecule has 0 fully saturated rings. The van der Waals surface area contributed by atoms with E-state index in [1.165, 1.54) is 7.11 Å². The third-order valence-corrected chi connectivity index (χ3v) is 8.70. The van der Waals surface area contributed by atoms with Gasteiger partial charge in [0.25, 0.3) is 11.8 Å². The van der Waals surface area contributed by atoms with Crippen LogP contribution in [0.2, 0.25) is 0 Å². The van der Waals surface area contributed by atoms with Gasteiger partial charge in [0, 0.05) is 35.0 Å². The standard InChI is InChI=1S/C35H49Br2N5O6/c1-8-19-38-30(43)28(23(2)3)39-32(45)35(47,21-24-10-14-26(36)15-11-24)18-9-20-42(22-25-12-16-27(37)17-13-25)41-31(44)29(34(4,5)6)40-33(46)48-7/h8,10-17,23,28-29,47H,1,9,18-22H2,2-7H3,(H,38,43)(H,39,45)(H,40,46)(H,41,44)/t28-,29+,35+/m0/s1. The fourth-order valence-corrected chi connectivity index (χ4v) is 5.46. The topological polar surface area (TPSA) is 149 Å². The van der Waals surface area contributed by atoms with Crippen LogP contribution in [-0.4, -0.2) is 71.8 Å². The summed E-state index contributed by atoms with van der Waals surface area (Å²) in [4.78, 5) is 52.3. The van der Waals surface area contributed by atoms with E-state index in [4.69, 9.17) is 4.74 Å². The van der Waals surface area contributed by atoms with Gasteiger partial charge < -0.3 is 25.8 Å². The molecular formula is C35H49Br2N5O6. The number of aliphatic hydroxyl groups is 1. The first-order valence-electron chi connectivity index (χ1n) is 15.8. The van der Waals surface area contributed by atoms with Crippen LogP contribution in [-0.2, 0) is 32.1 Å². The Morgan fingerprint density at radius 1 is 0.938 bits per heavy atom. The Labute approximate surface area is 300 Å². The second kappa shape index (κ2) is 19.1. The number of hydrogen-bond acceptors (Lipinski definition) is 7. The van der Waals surface area contributed by atoms with Crippen LogP contribution in [0.3, 0.4) is 0 Å². The van der Waals surface area contributed by atoms with Gasteiger partial charge in [-0.15, -0.1) is 6.58 Å². The van der Waals surface area contributed by atoms with Crippen molar-refractivity contribution in [2.45, 2.75) is 78.1 Å². The number of halogens is 2. The van der Waals surface area contributed by atoms with Crippen LogP contribution in [0.15, 0.2) is 70.1 Å². The third kappa shape index (κ3) is 13.3. The normalized spacial score (nSPS) is 14.0. The molecule has 2 aromatic carbocycles. The molecule has 0 heterocycles. The SMILES string of the molecule is C=CCNC(=O)[C@@H](NC(=O)[C@@](O)(CCCN(Cc1ccc(Br)cc1)NC(=O)[C@@H](NC(=O)OC)C(C)(C)C)Cc1ccc(Br)cc1)C(C)C. The molecule has 0 aliphatic rings. The van der Waals surface area contributed by atoms with E-state index in [0.717, 1.165) is 20.1 Å². The first kappa shape index (κ1) is 40.9. The lowest BCUT2D eigenvalue weighted by Crippen LogP contribution is -2.58. The maximum absolute atomic E-state index is 13.8. The molecule has 0 unspecified atom stereocenters. The molecule has 48 heavy (non-hydrogen) atoms. The highest BCUT2D eigenvalue weighted by Crippen LogP contribution is 2.24. The number of amides is 4. The summed E-state index contributed by atoms with van der Waals surface area (Å²) in [7, 11) is 1.23. The molecule has 0 aromatic heterocycles. The van der Waals surface area contributed by atoms with Crippen LogP contribution >= 0.6 is 31.9 Å². The van der Waals surface area contributed by atoms with Gasteiger partial charge in [-0.3, -0.25) is 19.8 Å². The zero-order chi connectivity index (χ0) is 36.1. The lowest BCUT2D eigenvalue weighted by atomic mass is 9.86. The van der Waals surface area contributed by atoms with E-state index in [0.29, 0.717) is 6.54 Å². The number of methoxy groups -OCH3 is 1. The molecule has 11 nitrogen and oxygen atoms in total. The predicted molar refractivity (Wildman–Crippen MR) is 193 cm³/mol. The summed E-state index contributed by atoms with van der Waals surface area (Å²) in [5.74, 6) is -1.74. The van der Waals surface area contributed by atoms with Gasteiger partial charge >= 0.3 is 6.09 Å². The highest BCUT2D eigenvalue weighted by atomic mass is 79.9. The molecule has 0 aliphatic carbocycles. The molecular weight excluding hydrogens is 746 g/mol. The van der Waals surface area contributed by atoms with Crippen molar-refractivity contribution < 1.29 is 29.0 Å². The predicted octanol–water partition coefficient (Wildman–Crippen LogP) is 5.01. The van der Waals surface area contributed by atoms with E-state index >= 15 is 0 Å². The zero-order valence-corrected chi connectivity index (χ0v) is 31.7. The van der Waals surface area contributed by atoms with Gasteiger partial charge in [-0.1, -0.05) is 96.8 Å². The van der Waals surface area contributed by atoms with Crippen LogP contribution in [0, 0.1) is 11.3 Å². The summed E-state index contributed by atoms with van der Waals surface area (Å²) in [6, 6.07) is 13.1. The minimum atomic E-state index is -1.88. The Kier molecular flexibility index (Phi) is 16.2. The summed E-state index contributed by atoms with van der Waals surface area (Å²) in [6.07, 6.45) is 1.13. The van der Waals surface area contributed by atoms with Gasteiger partial charge in [-0.05, 0) is 59.6 Å². The number of carbonyl (C=O) groups excluding carboxylic acids is 4. The smallest absolute Gasteiger partial charge is 0.407 e. The summed E-state index contributed by atoms with van der Waals surface area (Å²) in [5.41, 5.74) is 2.04. The summed E-state index contributed by atoms with van der Waals surface area (Å²) < 4.78 is 6.50. The van der Waals surface area contributed by atoms with Gasteiger partial charge in [0.1, 0.15) is 17.7 Å². The molecule has 3 atom stereocenters. The number of hydrazine groups is 1. The highest BCUT2D eigenvalue weighted by Gasteiger charge is 2.39. The lowest BCUT2D eigenvalue weighted by Gasteiger charge is -2.33. The number of alkyl carbamates (subject to hydrolysis) is 1. The summed E-state index contributed by atoms with van der Waals surface area (Å²) >= 11 is 6.87. The van der Waals surface area contributed by atoms with Crippen molar-refractivity contribution in [3.63, 3.8) is 0 Å². The van der Waals surface area contributed by atoms with Gasteiger partial charge in [-0.2, -0.15) is 0 Å². The Bertz CT molecular complexity index is 1380. The second-order valence-electron chi connectivity index (χ2n) is 13.1. The second-order valence-corrected chi connectivity index (χ2v) is 15.0. The average molecular weight is 796 g/mol. The highest BCUT2D eigenvalue weighted by molar-refractivity contribution is 9.10. The molecule has 0 spiro atoms. The van der Waals surface area contributed by atoms with Crippen molar-refractivity contribution in [2.75, 3.05) is 20.2 Å². The first-order valence-corrected chi connectivity index (χ1v) is 17.4. The number of rotatable bonds is 17. The fraction of sp³-hybridized carbons (Fsp3) is 0.486. The number of benzene rings is 2. The Balaban J connectivity index is 2.35. The van der Waals surface area contributed by atoms with Crippen LogP contribution in [0.5, 0.6) is 0 Å². The van der Waals surface area contributed by atoms with Crippen molar-refractivity contribution in [3.05, 3.63) is 81.3 Å². The molecule has 0 radical (unpaired) electrons. The quantitative estimate of drug-likeness (QED) is 0.112. The first-order chi connectivity index (χ1) is 22.5. The Morgan fingerprint density at radius 3 is 2.00 bits per heavy atom. The fourth-order valence-electron chi connectivity index (χ4n) is 4.93. The summed E-state index contributed by atoms with van der Waals surface area (Å²) in [5, 5.41) is 21.8. The van der Waals surface area contributed by atoms with Gasteiger partial charge in [0.05, 0.1) is 7.11 Å². The van der Waals surface area contributed by atoms with Crippen LogP contribution in [0.1, 0.15) is 58.6 Å². The summed E-state index contributed by atoms with van der Waals surface area (Å²) in [6.45, 7) is 13.5. The Hall–Kier alpha value is -3.26. The molecule has 264 valence electrons. The largest absolute Gasteiger partial charge is 0.453 e. The van der Waals surface area contributed by atoms with Gasteiger partial charge in [0.2, 0.25) is 5.91 Å². The molecule has 13 heteroatoms. The third-order valence-electron chi connectivity index (χ3n) is 7.64. The van der Waals surface area contributed by atoms with Crippen LogP contribution < -0.4 is 21.4 Å². The van der Waals surface area contributed by atoms with Crippen LogP contribution in [0.25, 0.3) is 0 Å². The van der Waals surface area contributed by atoms with E-state index in [9.17, 15) is 24.3 Å². The van der Waals surface area contributed by atoms with Gasteiger partial charge in [0.15, 0.2) is 0 Å². The molecule has 2 rings (SSSR count). The minimum Gasteiger partial charge on any atom is -0.453 e. The average Bonchev–Trinajstić information content (AvgIpc) is 3.02. The van der Waals surface area contributed by atoms with Crippen molar-refractivity contribution in [3.8, 4) is 0 Å². The molecule has 0 saturated heterocycles. The number of hydrogen-bond donors (Lipinski definition) is 5. The maximum Gasteiger partial charge on any atom is 0.407 e. The minimum absolute atomic E-state index is 0.000571. The van der Waals surface area contributed by atoms with E-state index in [1.807, 2.05) is 83.1 Å². The zero-order valence-electron chi connectivity index (χ0n) is 28.6. The van der Waals surface area contributed by atoms with Crippen molar-refractivity contribution in [1.82, 2.24) is 26.4 Å². The molecule has 2 aromatic rings. The Morgan fingerprint density at radius 2 is 1.50 bits per heavy atom. The van der Waals surface area contributed by atoms with Crippen molar-refractivity contribution >= 4 is 55.7 Å². The lowest BCUT2D eigenvalue weighted by molar-refractivity contribution is -0.144.